The molecule has 0 bridgehead atoms. The van der Waals surface area contributed by atoms with E-state index >= 15 is 0 Å². The minimum Gasteiger partial charge on any atom is -0.463 e. The topological polar surface area (TPSA) is 73.8 Å². The van der Waals surface area contributed by atoms with Crippen LogP contribution in [0, 0.1) is 5.82 Å². The van der Waals surface area contributed by atoms with Crippen LogP contribution < -0.4 is 14.9 Å². The Kier molecular flexibility index (Phi) is 7.38. The minimum atomic E-state index is -0.878. The second kappa shape index (κ2) is 11.3. The smallest absolute Gasteiger partial charge is 0.338 e. The number of fused-ring (bicyclic) bond motifs is 1. The number of hydrogen-bond donors (Lipinski definition) is 0. The SMILES string of the molecule is CCOC(=O)C1=C(c2ccccc2)N=c2s/c(=C\c3ccc(-c4cccc(Br)c4)o3)c(=O)n2[C@@H]1c1ccc(F)cc1. The quantitative estimate of drug-likeness (QED) is 0.213. The van der Waals surface area contributed by atoms with E-state index in [1.807, 2.05) is 60.7 Å². The lowest BCUT2D eigenvalue weighted by atomic mass is 9.93. The largest absolute Gasteiger partial charge is 0.463 e. The van der Waals surface area contributed by atoms with Crippen molar-refractivity contribution >= 4 is 45.0 Å². The van der Waals surface area contributed by atoms with E-state index in [9.17, 15) is 14.0 Å². The molecule has 1 aliphatic rings. The molecule has 0 amide bonds. The zero-order valence-electron chi connectivity index (χ0n) is 21.7. The fourth-order valence-electron chi connectivity index (χ4n) is 4.76. The van der Waals surface area contributed by atoms with Gasteiger partial charge in [-0.25, -0.2) is 14.2 Å². The van der Waals surface area contributed by atoms with E-state index in [-0.39, 0.29) is 17.7 Å². The van der Waals surface area contributed by atoms with Gasteiger partial charge in [-0.15, -0.1) is 0 Å². The molecule has 2 aromatic heterocycles. The first kappa shape index (κ1) is 26.9. The number of rotatable bonds is 6. The zero-order chi connectivity index (χ0) is 28.5. The summed E-state index contributed by atoms with van der Waals surface area (Å²) in [4.78, 5) is 32.6. The van der Waals surface area contributed by atoms with Gasteiger partial charge in [0.2, 0.25) is 0 Å². The maximum absolute atomic E-state index is 13.9. The van der Waals surface area contributed by atoms with Crippen LogP contribution in [0.2, 0.25) is 0 Å². The molecule has 0 saturated carbocycles. The van der Waals surface area contributed by atoms with Crippen molar-refractivity contribution in [1.29, 1.82) is 0 Å². The van der Waals surface area contributed by atoms with E-state index in [0.29, 0.717) is 37.7 Å². The minimum absolute atomic E-state index is 0.143. The van der Waals surface area contributed by atoms with Crippen LogP contribution in [0.3, 0.4) is 0 Å². The molecular weight excluding hydrogens is 607 g/mol. The number of thiazole rings is 1. The Labute approximate surface area is 246 Å². The molecule has 5 aromatic rings. The van der Waals surface area contributed by atoms with Crippen LogP contribution in [0.5, 0.6) is 0 Å². The number of aromatic nitrogens is 1. The van der Waals surface area contributed by atoms with Crippen LogP contribution in [-0.4, -0.2) is 17.1 Å². The highest BCUT2D eigenvalue weighted by molar-refractivity contribution is 9.10. The van der Waals surface area contributed by atoms with Crippen LogP contribution in [0.25, 0.3) is 23.1 Å². The van der Waals surface area contributed by atoms with Crippen molar-refractivity contribution in [2.45, 2.75) is 13.0 Å². The van der Waals surface area contributed by atoms with E-state index in [0.717, 1.165) is 10.0 Å². The van der Waals surface area contributed by atoms with Crippen molar-refractivity contribution in [3.8, 4) is 11.3 Å². The van der Waals surface area contributed by atoms with Crippen molar-refractivity contribution in [2.24, 2.45) is 4.99 Å². The molecule has 0 unspecified atom stereocenters. The number of benzene rings is 3. The molecule has 41 heavy (non-hydrogen) atoms. The van der Waals surface area contributed by atoms with Gasteiger partial charge in [0.15, 0.2) is 4.80 Å². The van der Waals surface area contributed by atoms with E-state index < -0.39 is 17.8 Å². The highest BCUT2D eigenvalue weighted by atomic mass is 79.9. The summed E-state index contributed by atoms with van der Waals surface area (Å²) in [5, 5.41) is 0. The molecule has 0 saturated heterocycles. The van der Waals surface area contributed by atoms with Crippen LogP contribution in [-0.2, 0) is 9.53 Å². The number of carbonyl (C=O) groups is 1. The third-order valence-electron chi connectivity index (χ3n) is 6.57. The molecule has 3 heterocycles. The predicted molar refractivity (Wildman–Crippen MR) is 159 cm³/mol. The third-order valence-corrected chi connectivity index (χ3v) is 8.04. The van der Waals surface area contributed by atoms with Gasteiger partial charge >= 0.3 is 5.97 Å². The predicted octanol–water partition coefficient (Wildman–Crippen LogP) is 6.10. The van der Waals surface area contributed by atoms with Gasteiger partial charge < -0.3 is 9.15 Å². The maximum Gasteiger partial charge on any atom is 0.338 e. The summed E-state index contributed by atoms with van der Waals surface area (Å²) in [7, 11) is 0. The van der Waals surface area contributed by atoms with Gasteiger partial charge in [0.1, 0.15) is 17.3 Å². The van der Waals surface area contributed by atoms with Crippen LogP contribution in [0.4, 0.5) is 4.39 Å². The fraction of sp³-hybridized carbons (Fsp3) is 0.0938. The average molecular weight is 630 g/mol. The van der Waals surface area contributed by atoms with Gasteiger partial charge in [-0.2, -0.15) is 0 Å². The Balaban J connectivity index is 1.56. The first-order chi connectivity index (χ1) is 19.9. The lowest BCUT2D eigenvalue weighted by Gasteiger charge is -2.25. The van der Waals surface area contributed by atoms with Crippen LogP contribution in [0.15, 0.2) is 115 Å². The number of halogens is 2. The third kappa shape index (κ3) is 5.26. The molecule has 0 radical (unpaired) electrons. The molecule has 0 aliphatic carbocycles. The molecule has 0 spiro atoms. The lowest BCUT2D eigenvalue weighted by molar-refractivity contribution is -0.138. The molecule has 204 valence electrons. The zero-order valence-corrected chi connectivity index (χ0v) is 24.1. The summed E-state index contributed by atoms with van der Waals surface area (Å²) in [5.41, 5.74) is 2.41. The van der Waals surface area contributed by atoms with Gasteiger partial charge in [0, 0.05) is 21.7 Å². The number of furan rings is 1. The van der Waals surface area contributed by atoms with E-state index in [1.54, 1.807) is 31.2 Å². The Morgan fingerprint density at radius 1 is 1.05 bits per heavy atom. The Bertz CT molecular complexity index is 1970. The van der Waals surface area contributed by atoms with Gasteiger partial charge in [-0.05, 0) is 48.9 Å². The first-order valence-corrected chi connectivity index (χ1v) is 14.4. The molecule has 1 aliphatic heterocycles. The molecule has 0 N–H and O–H groups in total. The van der Waals surface area contributed by atoms with Crippen molar-refractivity contribution < 1.29 is 18.3 Å². The van der Waals surface area contributed by atoms with E-state index in [1.165, 1.54) is 28.0 Å². The molecule has 0 fully saturated rings. The van der Waals surface area contributed by atoms with Crippen molar-refractivity contribution in [1.82, 2.24) is 4.57 Å². The van der Waals surface area contributed by atoms with Crippen LogP contribution in [0.1, 0.15) is 29.9 Å². The fourth-order valence-corrected chi connectivity index (χ4v) is 6.14. The highest BCUT2D eigenvalue weighted by Crippen LogP contribution is 2.35. The summed E-state index contributed by atoms with van der Waals surface area (Å²) >= 11 is 4.67. The van der Waals surface area contributed by atoms with Gasteiger partial charge in [0.25, 0.3) is 5.56 Å². The standard InChI is InChI=1S/C32H22BrFN2O4S/c1-2-39-31(38)27-28(19-7-4-3-5-8-19)35-32-36(29(27)20-11-13-23(34)14-12-20)30(37)26(41-32)18-24-15-16-25(40-24)21-9-6-10-22(33)17-21/h3-18,29H,2H2,1H3/b26-18-/t29-/m1/s1. The van der Waals surface area contributed by atoms with Gasteiger partial charge in [-0.3, -0.25) is 9.36 Å². The summed E-state index contributed by atoms with van der Waals surface area (Å²) in [6, 6.07) is 25.5. The van der Waals surface area contributed by atoms with Crippen molar-refractivity contribution in [3.63, 3.8) is 0 Å². The molecule has 6 nitrogen and oxygen atoms in total. The highest BCUT2D eigenvalue weighted by Gasteiger charge is 2.35. The second-order valence-corrected chi connectivity index (χ2v) is 11.1. The Morgan fingerprint density at radius 3 is 2.54 bits per heavy atom. The summed E-state index contributed by atoms with van der Waals surface area (Å²) in [6.07, 6.45) is 1.67. The maximum atomic E-state index is 13.9. The number of hydrogen-bond acceptors (Lipinski definition) is 6. The summed E-state index contributed by atoms with van der Waals surface area (Å²) < 4.78 is 28.2. The van der Waals surface area contributed by atoms with Gasteiger partial charge in [-0.1, -0.05) is 81.9 Å². The lowest BCUT2D eigenvalue weighted by Crippen LogP contribution is -2.40. The Hall–Kier alpha value is -4.34. The molecular formula is C32H22BrFN2O4S. The van der Waals surface area contributed by atoms with Crippen molar-refractivity contribution in [2.75, 3.05) is 6.61 Å². The van der Waals surface area contributed by atoms with Crippen LogP contribution >= 0.6 is 27.3 Å². The molecule has 6 rings (SSSR count). The Morgan fingerprint density at radius 2 is 1.80 bits per heavy atom. The van der Waals surface area contributed by atoms with E-state index in [2.05, 4.69) is 15.9 Å². The summed E-state index contributed by atoms with van der Waals surface area (Å²) in [5.74, 6) is 0.135. The normalized spacial score (nSPS) is 15.0. The number of esters is 1. The molecule has 3 aromatic carbocycles. The van der Waals surface area contributed by atoms with Gasteiger partial charge in [0.05, 0.1) is 28.5 Å². The van der Waals surface area contributed by atoms with Crippen molar-refractivity contribution in [3.05, 3.63) is 143 Å². The number of ether oxygens (including phenoxy) is 1. The molecule has 1 atom stereocenters. The number of carbonyl (C=O) groups excluding carboxylic acids is 1. The molecule has 9 heteroatoms. The second-order valence-electron chi connectivity index (χ2n) is 9.20. The average Bonchev–Trinajstić information content (AvgIpc) is 3.57. The monoisotopic (exact) mass is 628 g/mol. The number of nitrogens with zero attached hydrogens (tertiary/aromatic N) is 2. The summed E-state index contributed by atoms with van der Waals surface area (Å²) in [6.45, 7) is 1.86. The first-order valence-electron chi connectivity index (χ1n) is 12.8. The van der Waals surface area contributed by atoms with E-state index in [4.69, 9.17) is 14.1 Å².